The van der Waals surface area contributed by atoms with Gasteiger partial charge in [0.15, 0.2) is 5.58 Å². The number of aryl methyl sites for hydroxylation is 1. The molecule has 0 bridgehead atoms. The average molecular weight is 432 g/mol. The third-order valence-electron chi connectivity index (χ3n) is 6.00. The number of nitrogens with one attached hydrogen (secondary N) is 2. The normalized spacial score (nSPS) is 14.7. The van der Waals surface area contributed by atoms with Crippen molar-refractivity contribution in [2.75, 3.05) is 18.4 Å². The highest BCUT2D eigenvalue weighted by atomic mass is 32.1. The molecule has 158 valence electrons. The first-order valence-electron chi connectivity index (χ1n) is 10.7. The molecule has 0 unspecified atom stereocenters. The van der Waals surface area contributed by atoms with Crippen molar-refractivity contribution in [2.45, 2.75) is 32.1 Å². The number of carbonyl (C=O) groups is 1. The van der Waals surface area contributed by atoms with Crippen LogP contribution < -0.4 is 10.6 Å². The molecule has 2 aromatic heterocycles. The van der Waals surface area contributed by atoms with Crippen LogP contribution in [0.4, 0.5) is 5.69 Å². The summed E-state index contributed by atoms with van der Waals surface area (Å²) < 4.78 is 5.72. The first-order valence-corrected chi connectivity index (χ1v) is 11.6. The minimum absolute atomic E-state index is 0.00879. The number of amides is 1. The number of carbonyl (C=O) groups excluding carboxylic acids is 1. The number of anilines is 1. The monoisotopic (exact) mass is 431 g/mol. The quantitative estimate of drug-likeness (QED) is 0.437. The summed E-state index contributed by atoms with van der Waals surface area (Å²) in [6, 6.07) is 14.3. The molecule has 5 rings (SSSR count). The van der Waals surface area contributed by atoms with E-state index >= 15 is 0 Å². The van der Waals surface area contributed by atoms with E-state index in [4.69, 9.17) is 4.52 Å². The van der Waals surface area contributed by atoms with Gasteiger partial charge in [-0.3, -0.25) is 4.79 Å². The lowest BCUT2D eigenvalue weighted by molar-refractivity contribution is -0.115. The molecule has 1 saturated heterocycles. The van der Waals surface area contributed by atoms with Crippen LogP contribution in [0.25, 0.3) is 22.1 Å². The van der Waals surface area contributed by atoms with Crippen molar-refractivity contribution < 1.29 is 9.32 Å². The van der Waals surface area contributed by atoms with E-state index in [-0.39, 0.29) is 5.91 Å². The fourth-order valence-corrected chi connectivity index (χ4v) is 4.98. The lowest BCUT2D eigenvalue weighted by atomic mass is 9.92. The molecule has 2 N–H and O–H groups in total. The fourth-order valence-electron chi connectivity index (χ4n) is 4.31. The molecule has 1 aliphatic rings. The van der Waals surface area contributed by atoms with Crippen LogP contribution in [-0.4, -0.2) is 24.2 Å². The van der Waals surface area contributed by atoms with E-state index in [1.54, 1.807) is 11.3 Å². The van der Waals surface area contributed by atoms with E-state index in [0.717, 1.165) is 70.5 Å². The number of rotatable bonds is 5. The Kier molecular flexibility index (Phi) is 5.57. The lowest BCUT2D eigenvalue weighted by Gasteiger charge is -2.20. The summed E-state index contributed by atoms with van der Waals surface area (Å²) in [5, 5.41) is 15.9. The van der Waals surface area contributed by atoms with Crippen molar-refractivity contribution in [1.29, 1.82) is 0 Å². The van der Waals surface area contributed by atoms with Gasteiger partial charge in [-0.2, -0.15) is 11.3 Å². The summed E-state index contributed by atoms with van der Waals surface area (Å²) in [7, 11) is 0. The summed E-state index contributed by atoms with van der Waals surface area (Å²) in [5.74, 6) is 0.447. The molecule has 0 radical (unpaired) electrons. The Hall–Kier alpha value is -2.96. The standard InChI is InChI=1S/C25H25N3O2S/c1-16-2-4-20(27-24(29)12-17-8-11-31-15-17)14-22(16)19-3-5-21-23(13-19)30-28-25(21)18-6-9-26-10-7-18/h2-5,8,11,13-15,18,26H,6-7,9-10,12H2,1H3,(H,27,29). The maximum Gasteiger partial charge on any atom is 0.228 e. The fraction of sp³-hybridized carbons (Fsp3) is 0.280. The van der Waals surface area contributed by atoms with Gasteiger partial charge in [-0.25, -0.2) is 0 Å². The molecular formula is C25H25N3O2S. The van der Waals surface area contributed by atoms with E-state index in [1.807, 2.05) is 35.0 Å². The third kappa shape index (κ3) is 4.27. The van der Waals surface area contributed by atoms with Gasteiger partial charge >= 0.3 is 0 Å². The number of aromatic nitrogens is 1. The van der Waals surface area contributed by atoms with Crippen LogP contribution in [0.2, 0.25) is 0 Å². The summed E-state index contributed by atoms with van der Waals surface area (Å²) in [6.07, 6.45) is 2.57. The van der Waals surface area contributed by atoms with Crippen LogP contribution in [0.15, 0.2) is 57.7 Å². The first-order chi connectivity index (χ1) is 15.2. The number of nitrogens with zero attached hydrogens (tertiary/aromatic N) is 1. The van der Waals surface area contributed by atoms with Crippen LogP contribution >= 0.6 is 11.3 Å². The van der Waals surface area contributed by atoms with Gasteiger partial charge in [-0.1, -0.05) is 17.3 Å². The maximum absolute atomic E-state index is 12.4. The first kappa shape index (κ1) is 20.0. The van der Waals surface area contributed by atoms with Gasteiger partial charge < -0.3 is 15.2 Å². The molecule has 0 saturated carbocycles. The van der Waals surface area contributed by atoms with Gasteiger partial charge in [0.05, 0.1) is 12.1 Å². The van der Waals surface area contributed by atoms with E-state index in [9.17, 15) is 4.79 Å². The molecular weight excluding hydrogens is 406 g/mol. The highest BCUT2D eigenvalue weighted by Gasteiger charge is 2.21. The maximum atomic E-state index is 12.4. The number of benzene rings is 2. The van der Waals surface area contributed by atoms with Crippen LogP contribution in [0.5, 0.6) is 0 Å². The number of thiophene rings is 1. The van der Waals surface area contributed by atoms with Gasteiger partial charge in [0, 0.05) is 17.0 Å². The zero-order chi connectivity index (χ0) is 21.2. The molecule has 0 aliphatic carbocycles. The van der Waals surface area contributed by atoms with Crippen LogP contribution in [0.3, 0.4) is 0 Å². The van der Waals surface area contributed by atoms with Gasteiger partial charge in [0.25, 0.3) is 0 Å². The highest BCUT2D eigenvalue weighted by molar-refractivity contribution is 7.08. The Bertz CT molecular complexity index is 1210. The third-order valence-corrected chi connectivity index (χ3v) is 6.73. The predicted octanol–water partition coefficient (Wildman–Crippen LogP) is 5.51. The second-order valence-electron chi connectivity index (χ2n) is 8.19. The van der Waals surface area contributed by atoms with Gasteiger partial charge in [0.2, 0.25) is 5.91 Å². The number of hydrogen-bond donors (Lipinski definition) is 2. The average Bonchev–Trinajstić information content (AvgIpc) is 3.45. The topological polar surface area (TPSA) is 67.2 Å². The molecule has 0 spiro atoms. The van der Waals surface area contributed by atoms with Crippen LogP contribution in [0, 0.1) is 6.92 Å². The van der Waals surface area contributed by atoms with Gasteiger partial charge in [-0.05, 0) is 96.2 Å². The van der Waals surface area contributed by atoms with E-state index in [1.165, 1.54) is 0 Å². The molecule has 6 heteroatoms. The van der Waals surface area contributed by atoms with Gasteiger partial charge in [0.1, 0.15) is 0 Å². The minimum Gasteiger partial charge on any atom is -0.356 e. The molecule has 31 heavy (non-hydrogen) atoms. The molecule has 3 heterocycles. The summed E-state index contributed by atoms with van der Waals surface area (Å²) in [4.78, 5) is 12.4. The van der Waals surface area contributed by atoms with Crippen molar-refractivity contribution in [2.24, 2.45) is 0 Å². The second kappa shape index (κ2) is 8.65. The van der Waals surface area contributed by atoms with Crippen molar-refractivity contribution in [3.63, 3.8) is 0 Å². The molecule has 0 atom stereocenters. The summed E-state index contributed by atoms with van der Waals surface area (Å²) >= 11 is 1.60. The number of piperidine rings is 1. The Labute approximate surface area is 185 Å². The molecule has 1 fully saturated rings. The van der Waals surface area contributed by atoms with Gasteiger partial charge in [-0.15, -0.1) is 0 Å². The molecule has 1 amide bonds. The molecule has 2 aromatic carbocycles. The number of hydrogen-bond acceptors (Lipinski definition) is 5. The Morgan fingerprint density at radius 3 is 2.87 bits per heavy atom. The zero-order valence-corrected chi connectivity index (χ0v) is 18.3. The van der Waals surface area contributed by atoms with Crippen LogP contribution in [0.1, 0.15) is 35.6 Å². The zero-order valence-electron chi connectivity index (χ0n) is 17.5. The van der Waals surface area contributed by atoms with Crippen LogP contribution in [-0.2, 0) is 11.2 Å². The summed E-state index contributed by atoms with van der Waals surface area (Å²) in [6.45, 7) is 4.14. The molecule has 1 aliphatic heterocycles. The van der Waals surface area contributed by atoms with E-state index in [2.05, 4.69) is 40.9 Å². The van der Waals surface area contributed by atoms with E-state index in [0.29, 0.717) is 12.3 Å². The van der Waals surface area contributed by atoms with Crippen molar-refractivity contribution in [3.8, 4) is 11.1 Å². The number of fused-ring (bicyclic) bond motifs is 1. The SMILES string of the molecule is Cc1ccc(NC(=O)Cc2ccsc2)cc1-c1ccc2c(C3CCNCC3)noc2c1. The Morgan fingerprint density at radius 1 is 1.19 bits per heavy atom. The Morgan fingerprint density at radius 2 is 2.06 bits per heavy atom. The predicted molar refractivity (Wildman–Crippen MR) is 126 cm³/mol. The molecule has 4 aromatic rings. The smallest absolute Gasteiger partial charge is 0.228 e. The van der Waals surface area contributed by atoms with Crippen molar-refractivity contribution >= 4 is 33.9 Å². The minimum atomic E-state index is -0.00879. The second-order valence-corrected chi connectivity index (χ2v) is 8.97. The van der Waals surface area contributed by atoms with Crippen molar-refractivity contribution in [1.82, 2.24) is 10.5 Å². The largest absolute Gasteiger partial charge is 0.356 e. The van der Waals surface area contributed by atoms with Crippen molar-refractivity contribution in [3.05, 3.63) is 70.0 Å². The highest BCUT2D eigenvalue weighted by Crippen LogP contribution is 2.34. The van der Waals surface area contributed by atoms with E-state index < -0.39 is 0 Å². The molecule has 5 nitrogen and oxygen atoms in total. The lowest BCUT2D eigenvalue weighted by Crippen LogP contribution is -2.26. The Balaban J connectivity index is 1.40. The summed E-state index contributed by atoms with van der Waals surface area (Å²) in [5.41, 5.74) is 7.02.